The molecular formula is C26H26N4O5S. The number of hydrogen-bond donors (Lipinski definition) is 0. The van der Waals surface area contributed by atoms with Gasteiger partial charge in [-0.1, -0.05) is 36.4 Å². The molecule has 0 amide bonds. The Labute approximate surface area is 209 Å². The molecule has 0 spiro atoms. The number of anilines is 1. The van der Waals surface area contributed by atoms with E-state index in [0.717, 1.165) is 18.2 Å². The van der Waals surface area contributed by atoms with Crippen LogP contribution in [0.1, 0.15) is 18.4 Å². The third kappa shape index (κ3) is 5.15. The van der Waals surface area contributed by atoms with Crippen LogP contribution in [0.15, 0.2) is 93.4 Å². The van der Waals surface area contributed by atoms with Crippen molar-refractivity contribution in [2.75, 3.05) is 24.7 Å². The second-order valence-electron chi connectivity index (χ2n) is 8.55. The first kappa shape index (κ1) is 24.1. The van der Waals surface area contributed by atoms with Crippen molar-refractivity contribution in [3.8, 4) is 0 Å². The zero-order valence-corrected chi connectivity index (χ0v) is 20.4. The molecule has 4 heterocycles. The Balaban J connectivity index is 0.000000202. The van der Waals surface area contributed by atoms with Gasteiger partial charge in [0.2, 0.25) is 0 Å². The van der Waals surface area contributed by atoms with Crippen LogP contribution in [0.5, 0.6) is 0 Å². The van der Waals surface area contributed by atoms with Gasteiger partial charge in [-0.05, 0) is 43.2 Å². The fourth-order valence-electron chi connectivity index (χ4n) is 4.49. The fraction of sp³-hybridized carbons (Fsp3) is 0.269. The van der Waals surface area contributed by atoms with Gasteiger partial charge in [0.05, 0.1) is 12.1 Å². The van der Waals surface area contributed by atoms with Gasteiger partial charge in [-0.3, -0.25) is 0 Å². The van der Waals surface area contributed by atoms with E-state index in [1.54, 1.807) is 28.6 Å². The lowest BCUT2D eigenvalue weighted by atomic mass is 10.0. The van der Waals surface area contributed by atoms with Crippen LogP contribution in [0.4, 0.5) is 5.69 Å². The Morgan fingerprint density at radius 1 is 0.917 bits per heavy atom. The summed E-state index contributed by atoms with van der Waals surface area (Å²) in [6, 6.07) is 20.8. The molecule has 0 atom stereocenters. The van der Waals surface area contributed by atoms with Gasteiger partial charge in [0.1, 0.15) is 13.0 Å². The van der Waals surface area contributed by atoms with Crippen molar-refractivity contribution in [3.63, 3.8) is 0 Å². The van der Waals surface area contributed by atoms with Crippen LogP contribution in [-0.2, 0) is 21.4 Å². The molecule has 0 radical (unpaired) electrons. The fourth-order valence-corrected chi connectivity index (χ4v) is 5.89. The minimum atomic E-state index is -3.50. The van der Waals surface area contributed by atoms with E-state index < -0.39 is 15.8 Å². The molecule has 4 aromatic rings. The maximum atomic E-state index is 12.7. The number of aromatic nitrogens is 2. The third-order valence-corrected chi connectivity index (χ3v) is 8.15. The number of sulfonamides is 1. The van der Waals surface area contributed by atoms with Crippen molar-refractivity contribution in [1.82, 2.24) is 14.3 Å². The lowest BCUT2D eigenvalue weighted by molar-refractivity contribution is 0.0987. The molecule has 186 valence electrons. The van der Waals surface area contributed by atoms with Crippen LogP contribution in [0, 0.1) is 0 Å². The Kier molecular flexibility index (Phi) is 7.08. The maximum absolute atomic E-state index is 12.7. The first-order chi connectivity index (χ1) is 17.5. The van der Waals surface area contributed by atoms with E-state index in [1.807, 2.05) is 30.3 Å². The number of para-hydroxylation sites is 2. The monoisotopic (exact) mass is 506 g/mol. The van der Waals surface area contributed by atoms with E-state index in [9.17, 15) is 13.2 Å². The second-order valence-corrected chi connectivity index (χ2v) is 10.4. The van der Waals surface area contributed by atoms with Crippen LogP contribution in [0.25, 0.3) is 10.9 Å². The zero-order chi connectivity index (χ0) is 25.0. The predicted octanol–water partition coefficient (Wildman–Crippen LogP) is 3.42. The van der Waals surface area contributed by atoms with Crippen molar-refractivity contribution < 1.29 is 17.6 Å². The first-order valence-corrected chi connectivity index (χ1v) is 13.1. The first-order valence-electron chi connectivity index (χ1n) is 11.7. The number of rotatable bonds is 3. The summed E-state index contributed by atoms with van der Waals surface area (Å²) in [7, 11) is -3.50. The summed E-state index contributed by atoms with van der Waals surface area (Å²) in [5.74, 6) is -0.552. The standard InChI is InChI=1S/C18H21N3O3S.C8H5NO2/c22-25(23,18-7-3-4-10-19-18)20-11-8-16(9-12-20)21-14-24-13-15-5-1-2-6-17(15)21;10-8-9-7-4-2-1-3-6(7)5-11-8/h1-7,10,16H,8-9,11-14H2;1-5H. The lowest BCUT2D eigenvalue weighted by Crippen LogP contribution is -2.48. The summed E-state index contributed by atoms with van der Waals surface area (Å²) in [6.45, 7) is 2.21. The number of ether oxygens (including phenoxy) is 1. The second kappa shape index (κ2) is 10.6. The predicted molar refractivity (Wildman–Crippen MR) is 135 cm³/mol. The molecule has 2 aromatic heterocycles. The van der Waals surface area contributed by atoms with Gasteiger partial charge < -0.3 is 14.1 Å². The van der Waals surface area contributed by atoms with E-state index >= 15 is 0 Å². The van der Waals surface area contributed by atoms with Crippen LogP contribution >= 0.6 is 0 Å². The summed E-state index contributed by atoms with van der Waals surface area (Å²) in [4.78, 5) is 20.5. The van der Waals surface area contributed by atoms with Crippen LogP contribution in [-0.4, -0.2) is 48.6 Å². The maximum Gasteiger partial charge on any atom is 0.439 e. The average molecular weight is 507 g/mol. The van der Waals surface area contributed by atoms with Crippen molar-refractivity contribution in [3.05, 3.63) is 95.3 Å². The van der Waals surface area contributed by atoms with Gasteiger partial charge in [0, 0.05) is 42.0 Å². The van der Waals surface area contributed by atoms with Gasteiger partial charge in [-0.15, -0.1) is 0 Å². The number of pyridine rings is 1. The molecule has 1 saturated heterocycles. The van der Waals surface area contributed by atoms with Crippen LogP contribution < -0.4 is 10.7 Å². The molecule has 1 fully saturated rings. The van der Waals surface area contributed by atoms with E-state index in [2.05, 4.69) is 31.4 Å². The van der Waals surface area contributed by atoms with Gasteiger partial charge in [-0.25, -0.2) is 18.2 Å². The van der Waals surface area contributed by atoms with Gasteiger partial charge in [0.15, 0.2) is 5.03 Å². The molecule has 2 aliphatic rings. The summed E-state index contributed by atoms with van der Waals surface area (Å²) in [5.41, 5.74) is 3.07. The van der Waals surface area contributed by atoms with E-state index in [1.165, 1.54) is 23.7 Å². The summed E-state index contributed by atoms with van der Waals surface area (Å²) >= 11 is 0. The van der Waals surface area contributed by atoms with E-state index in [4.69, 9.17) is 4.74 Å². The number of piperidine rings is 1. The highest BCUT2D eigenvalue weighted by molar-refractivity contribution is 7.89. The molecule has 9 nitrogen and oxygen atoms in total. The summed E-state index contributed by atoms with van der Waals surface area (Å²) < 4.78 is 37.2. The Morgan fingerprint density at radius 2 is 1.67 bits per heavy atom. The van der Waals surface area contributed by atoms with E-state index in [-0.39, 0.29) is 11.1 Å². The minimum absolute atomic E-state index is 0.125. The number of benzene rings is 2. The molecule has 0 N–H and O–H groups in total. The molecule has 36 heavy (non-hydrogen) atoms. The molecule has 0 saturated carbocycles. The smallest absolute Gasteiger partial charge is 0.416 e. The molecule has 0 unspecified atom stereocenters. The lowest BCUT2D eigenvalue weighted by Gasteiger charge is -2.41. The van der Waals surface area contributed by atoms with Crippen molar-refractivity contribution in [2.45, 2.75) is 30.5 Å². The Morgan fingerprint density at radius 3 is 2.47 bits per heavy atom. The molecule has 0 bridgehead atoms. The highest BCUT2D eigenvalue weighted by Crippen LogP contribution is 2.31. The highest BCUT2D eigenvalue weighted by Gasteiger charge is 2.33. The number of fused-ring (bicyclic) bond motifs is 2. The summed E-state index contributed by atoms with van der Waals surface area (Å²) in [6.07, 6.45) is 4.49. The minimum Gasteiger partial charge on any atom is -0.416 e. The van der Waals surface area contributed by atoms with Crippen LogP contribution in [0.3, 0.4) is 0 Å². The van der Waals surface area contributed by atoms with Crippen molar-refractivity contribution in [1.29, 1.82) is 0 Å². The molecule has 2 aromatic carbocycles. The molecular weight excluding hydrogens is 480 g/mol. The van der Waals surface area contributed by atoms with Crippen molar-refractivity contribution >= 4 is 26.6 Å². The number of nitrogens with zero attached hydrogens (tertiary/aromatic N) is 4. The Bertz CT molecular complexity index is 1490. The van der Waals surface area contributed by atoms with Gasteiger partial charge in [0.25, 0.3) is 10.0 Å². The van der Waals surface area contributed by atoms with Crippen LogP contribution in [0.2, 0.25) is 0 Å². The van der Waals surface area contributed by atoms with Gasteiger partial charge in [-0.2, -0.15) is 9.29 Å². The zero-order valence-electron chi connectivity index (χ0n) is 19.6. The molecule has 2 aliphatic heterocycles. The van der Waals surface area contributed by atoms with E-state index in [0.29, 0.717) is 31.9 Å². The molecule has 0 aliphatic carbocycles. The molecule has 10 heteroatoms. The Hall–Kier alpha value is -3.60. The normalized spacial score (nSPS) is 16.7. The van der Waals surface area contributed by atoms with Gasteiger partial charge >= 0.3 is 5.76 Å². The third-order valence-electron chi connectivity index (χ3n) is 6.33. The summed E-state index contributed by atoms with van der Waals surface area (Å²) in [5, 5.41) is 0.965. The molecule has 6 rings (SSSR count). The SMILES string of the molecule is O=S(=O)(c1ccccn1)N1CCC(N2COCc3ccccc32)CC1.O=c1nc2ccccc2co1. The number of hydrogen-bond acceptors (Lipinski definition) is 8. The largest absolute Gasteiger partial charge is 0.439 e. The topological polar surface area (TPSA) is 106 Å². The quantitative estimate of drug-likeness (QED) is 0.416. The van der Waals surface area contributed by atoms with Crippen molar-refractivity contribution in [2.24, 2.45) is 0 Å². The average Bonchev–Trinajstić information content (AvgIpc) is 2.93. The highest BCUT2D eigenvalue weighted by atomic mass is 32.2.